The van der Waals surface area contributed by atoms with Crippen molar-refractivity contribution in [2.75, 3.05) is 19.0 Å². The normalized spacial score (nSPS) is 10.8. The number of rotatable bonds is 5. The lowest BCUT2D eigenvalue weighted by Gasteiger charge is -2.06. The monoisotopic (exact) mass is 299 g/mol. The van der Waals surface area contributed by atoms with Crippen molar-refractivity contribution in [3.05, 3.63) is 46.5 Å². The highest BCUT2D eigenvalue weighted by Crippen LogP contribution is 2.14. The number of aromatic nitrogens is 4. The second kappa shape index (κ2) is 5.88. The molecule has 1 aromatic carbocycles. The molecule has 0 radical (unpaired) electrons. The number of anilines is 1. The quantitative estimate of drug-likeness (QED) is 0.747. The molecule has 0 atom stereocenters. The minimum Gasteiger partial charge on any atom is -0.497 e. The van der Waals surface area contributed by atoms with Crippen molar-refractivity contribution in [1.29, 1.82) is 0 Å². The van der Waals surface area contributed by atoms with Crippen molar-refractivity contribution in [3.63, 3.8) is 0 Å². The van der Waals surface area contributed by atoms with Gasteiger partial charge in [-0.25, -0.2) is 9.78 Å². The van der Waals surface area contributed by atoms with Gasteiger partial charge in [0, 0.05) is 6.54 Å². The third-order valence-electron chi connectivity index (χ3n) is 3.35. The van der Waals surface area contributed by atoms with Crippen LogP contribution in [0.2, 0.25) is 0 Å². The van der Waals surface area contributed by atoms with Crippen LogP contribution in [-0.2, 0) is 6.54 Å². The number of hydrogen-bond acceptors (Lipinski definition) is 5. The van der Waals surface area contributed by atoms with Crippen LogP contribution in [0.4, 0.5) is 5.95 Å². The first-order valence-corrected chi connectivity index (χ1v) is 7.03. The molecule has 0 unspecified atom stereocenters. The molecule has 22 heavy (non-hydrogen) atoms. The van der Waals surface area contributed by atoms with Gasteiger partial charge in [0.15, 0.2) is 5.65 Å². The van der Waals surface area contributed by atoms with Gasteiger partial charge in [0.2, 0.25) is 5.95 Å². The molecule has 2 N–H and O–H groups in total. The molecular weight excluding hydrogens is 282 g/mol. The molecule has 0 aliphatic heterocycles. The zero-order valence-electron chi connectivity index (χ0n) is 12.5. The highest BCUT2D eigenvalue weighted by Gasteiger charge is 2.10. The van der Waals surface area contributed by atoms with E-state index in [-0.39, 0.29) is 5.69 Å². The van der Waals surface area contributed by atoms with Crippen LogP contribution in [0.1, 0.15) is 12.5 Å². The van der Waals surface area contributed by atoms with Crippen LogP contribution >= 0.6 is 0 Å². The molecule has 3 rings (SSSR count). The number of ether oxygens (including phenoxy) is 1. The fourth-order valence-corrected chi connectivity index (χ4v) is 2.25. The molecule has 7 nitrogen and oxygen atoms in total. The van der Waals surface area contributed by atoms with Crippen molar-refractivity contribution < 1.29 is 4.74 Å². The van der Waals surface area contributed by atoms with Gasteiger partial charge in [-0.15, -0.1) is 0 Å². The molecule has 3 aromatic rings. The molecule has 0 bridgehead atoms. The van der Waals surface area contributed by atoms with E-state index >= 15 is 0 Å². The Balaban J connectivity index is 1.99. The Bertz CT molecular complexity index is 835. The molecule has 0 amide bonds. The lowest BCUT2D eigenvalue weighted by molar-refractivity contribution is 0.414. The van der Waals surface area contributed by atoms with E-state index in [1.807, 2.05) is 31.2 Å². The van der Waals surface area contributed by atoms with Gasteiger partial charge in [-0.05, 0) is 24.6 Å². The molecule has 2 aromatic heterocycles. The minimum atomic E-state index is -0.200. The topological polar surface area (TPSA) is 84.8 Å². The Morgan fingerprint density at radius 1 is 1.32 bits per heavy atom. The van der Waals surface area contributed by atoms with E-state index in [4.69, 9.17) is 4.74 Å². The molecule has 114 valence electrons. The van der Waals surface area contributed by atoms with Gasteiger partial charge in [-0.2, -0.15) is 4.98 Å². The van der Waals surface area contributed by atoms with Gasteiger partial charge >= 0.3 is 5.69 Å². The van der Waals surface area contributed by atoms with E-state index in [2.05, 4.69) is 20.3 Å². The van der Waals surface area contributed by atoms with Crippen LogP contribution in [0, 0.1) is 0 Å². The molecule has 0 spiro atoms. The van der Waals surface area contributed by atoms with E-state index in [1.54, 1.807) is 17.9 Å². The third-order valence-corrected chi connectivity index (χ3v) is 3.35. The number of imidazole rings is 1. The Labute approximate surface area is 127 Å². The zero-order valence-corrected chi connectivity index (χ0v) is 12.5. The maximum Gasteiger partial charge on any atom is 0.328 e. The second-order valence-electron chi connectivity index (χ2n) is 4.83. The van der Waals surface area contributed by atoms with Crippen LogP contribution in [0.3, 0.4) is 0 Å². The molecule has 0 saturated carbocycles. The van der Waals surface area contributed by atoms with Crippen molar-refractivity contribution >= 4 is 17.1 Å². The van der Waals surface area contributed by atoms with Crippen molar-refractivity contribution in [3.8, 4) is 5.75 Å². The largest absolute Gasteiger partial charge is 0.497 e. The fraction of sp³-hybridized carbons (Fsp3) is 0.267. The average molecular weight is 299 g/mol. The number of aromatic amines is 1. The summed E-state index contributed by atoms with van der Waals surface area (Å²) in [5.74, 6) is 1.30. The summed E-state index contributed by atoms with van der Waals surface area (Å²) in [6, 6.07) is 7.59. The molecule has 0 saturated heterocycles. The maximum absolute atomic E-state index is 12.1. The van der Waals surface area contributed by atoms with Gasteiger partial charge in [0.25, 0.3) is 0 Å². The van der Waals surface area contributed by atoms with Gasteiger partial charge < -0.3 is 15.0 Å². The van der Waals surface area contributed by atoms with E-state index in [0.29, 0.717) is 23.7 Å². The van der Waals surface area contributed by atoms with E-state index in [9.17, 15) is 4.79 Å². The molecular formula is C15H17N5O2. The molecule has 0 fully saturated rings. The Morgan fingerprint density at radius 3 is 2.77 bits per heavy atom. The summed E-state index contributed by atoms with van der Waals surface area (Å²) in [5.41, 5.74) is 2.01. The lowest BCUT2D eigenvalue weighted by Crippen LogP contribution is -2.18. The maximum atomic E-state index is 12.1. The van der Waals surface area contributed by atoms with Gasteiger partial charge in [-0.3, -0.25) is 4.57 Å². The van der Waals surface area contributed by atoms with Crippen LogP contribution < -0.4 is 15.7 Å². The van der Waals surface area contributed by atoms with E-state index in [1.165, 1.54) is 0 Å². The van der Waals surface area contributed by atoms with Crippen LogP contribution in [0.15, 0.2) is 35.3 Å². The van der Waals surface area contributed by atoms with Crippen molar-refractivity contribution in [1.82, 2.24) is 19.5 Å². The number of nitrogens with zero attached hydrogens (tertiary/aromatic N) is 3. The smallest absolute Gasteiger partial charge is 0.328 e. The summed E-state index contributed by atoms with van der Waals surface area (Å²) in [6.07, 6.45) is 1.62. The highest BCUT2D eigenvalue weighted by atomic mass is 16.5. The summed E-state index contributed by atoms with van der Waals surface area (Å²) in [6.45, 7) is 3.12. The van der Waals surface area contributed by atoms with E-state index < -0.39 is 0 Å². The second-order valence-corrected chi connectivity index (χ2v) is 4.83. The number of H-pyrrole nitrogens is 1. The number of fused-ring (bicyclic) bond motifs is 1. The number of hydrogen-bond donors (Lipinski definition) is 2. The van der Waals surface area contributed by atoms with Gasteiger partial charge in [0.1, 0.15) is 11.3 Å². The first-order chi connectivity index (χ1) is 10.7. The first kappa shape index (κ1) is 14.1. The highest BCUT2D eigenvalue weighted by molar-refractivity contribution is 5.70. The van der Waals surface area contributed by atoms with Crippen molar-refractivity contribution in [2.45, 2.75) is 13.5 Å². The van der Waals surface area contributed by atoms with E-state index in [0.717, 1.165) is 17.9 Å². The minimum absolute atomic E-state index is 0.200. The van der Waals surface area contributed by atoms with Crippen LogP contribution in [0.25, 0.3) is 11.2 Å². The lowest BCUT2D eigenvalue weighted by atomic mass is 10.2. The SMILES string of the molecule is CCNc1ncc2[nH]c(=O)n(Cc3ccc(OC)cc3)c2n1. The van der Waals surface area contributed by atoms with Crippen LogP contribution in [0.5, 0.6) is 5.75 Å². The van der Waals surface area contributed by atoms with Gasteiger partial charge in [0.05, 0.1) is 19.9 Å². The Kier molecular flexibility index (Phi) is 3.78. The summed E-state index contributed by atoms with van der Waals surface area (Å²) in [4.78, 5) is 23.5. The summed E-state index contributed by atoms with van der Waals surface area (Å²) >= 11 is 0. The summed E-state index contributed by atoms with van der Waals surface area (Å²) < 4.78 is 6.73. The predicted octanol–water partition coefficient (Wildman–Crippen LogP) is 1.61. The predicted molar refractivity (Wildman–Crippen MR) is 84.4 cm³/mol. The first-order valence-electron chi connectivity index (χ1n) is 7.03. The van der Waals surface area contributed by atoms with Crippen LogP contribution in [-0.4, -0.2) is 33.2 Å². The molecule has 0 aliphatic rings. The Morgan fingerprint density at radius 2 is 2.09 bits per heavy atom. The summed E-state index contributed by atoms with van der Waals surface area (Å²) in [5, 5.41) is 3.05. The van der Waals surface area contributed by atoms with Gasteiger partial charge in [-0.1, -0.05) is 12.1 Å². The van der Waals surface area contributed by atoms with Crippen molar-refractivity contribution in [2.24, 2.45) is 0 Å². The Hall–Kier alpha value is -2.83. The number of benzene rings is 1. The fourth-order valence-electron chi connectivity index (χ4n) is 2.25. The number of methoxy groups -OCH3 is 1. The molecule has 2 heterocycles. The third kappa shape index (κ3) is 2.65. The average Bonchev–Trinajstić information content (AvgIpc) is 2.84. The summed E-state index contributed by atoms with van der Waals surface area (Å²) in [7, 11) is 1.62. The molecule has 0 aliphatic carbocycles. The zero-order chi connectivity index (χ0) is 15.5. The number of nitrogens with one attached hydrogen (secondary N) is 2. The standard InChI is InChI=1S/C15H17N5O2/c1-3-16-14-17-8-12-13(19-14)20(15(21)18-12)9-10-4-6-11(22-2)7-5-10/h4-8H,3,9H2,1-2H3,(H,18,21)(H,16,17,19). The molecule has 7 heteroatoms.